The molecule has 1 heterocycles. The van der Waals surface area contributed by atoms with E-state index >= 15 is 0 Å². The number of pyridine rings is 1. The predicted octanol–water partition coefficient (Wildman–Crippen LogP) is 1.75. The average Bonchev–Trinajstić information content (AvgIpc) is 2.29. The molecule has 0 saturated carbocycles. The van der Waals surface area contributed by atoms with E-state index in [1.807, 2.05) is 18.2 Å². The minimum atomic E-state index is -0.782. The van der Waals surface area contributed by atoms with Crippen LogP contribution in [0.3, 0.4) is 0 Å². The largest absolute Gasteiger partial charge is 0.480 e. The Labute approximate surface area is 96.2 Å². The molecule has 1 atom stereocenters. The van der Waals surface area contributed by atoms with Crippen LogP contribution in [0.4, 0.5) is 0 Å². The Morgan fingerprint density at radius 2 is 2.19 bits per heavy atom. The molecule has 0 amide bonds. The number of nitrogens with zero attached hydrogens (tertiary/aromatic N) is 2. The summed E-state index contributed by atoms with van der Waals surface area (Å²) in [5.74, 6) is -0.782. The molecular weight excluding hydrogens is 204 g/mol. The molecule has 4 heteroatoms. The molecule has 88 valence electrons. The number of aliphatic carboxylic acids is 1. The molecule has 0 spiro atoms. The van der Waals surface area contributed by atoms with E-state index in [0.29, 0.717) is 0 Å². The molecule has 4 nitrogen and oxygen atoms in total. The Balaban J connectivity index is 0.000000281. The summed E-state index contributed by atoms with van der Waals surface area (Å²) in [6.45, 7) is 5.21. The van der Waals surface area contributed by atoms with Gasteiger partial charge in [-0.05, 0) is 39.2 Å². The highest BCUT2D eigenvalue weighted by molar-refractivity contribution is 5.72. The third kappa shape index (κ3) is 5.93. The van der Waals surface area contributed by atoms with E-state index in [0.717, 1.165) is 5.69 Å². The van der Waals surface area contributed by atoms with Gasteiger partial charge in [0.1, 0.15) is 6.04 Å². The molecular formula is C12H18N2O2. The molecule has 16 heavy (non-hydrogen) atoms. The van der Waals surface area contributed by atoms with Crippen molar-refractivity contribution in [3.63, 3.8) is 0 Å². The normalized spacial score (nSPS) is 11.2. The second-order valence-corrected chi connectivity index (χ2v) is 3.44. The van der Waals surface area contributed by atoms with Crippen molar-refractivity contribution in [1.29, 1.82) is 0 Å². The van der Waals surface area contributed by atoms with Gasteiger partial charge in [0, 0.05) is 6.20 Å². The highest BCUT2D eigenvalue weighted by Gasteiger charge is 2.11. The van der Waals surface area contributed by atoms with E-state index in [4.69, 9.17) is 5.11 Å². The molecule has 0 aromatic carbocycles. The van der Waals surface area contributed by atoms with E-state index in [-0.39, 0.29) is 6.04 Å². The van der Waals surface area contributed by atoms with Crippen molar-refractivity contribution in [2.45, 2.75) is 13.0 Å². The Kier molecular flexibility index (Phi) is 6.79. The van der Waals surface area contributed by atoms with Gasteiger partial charge in [0.15, 0.2) is 0 Å². The number of carboxylic acid groups (broad SMARTS) is 1. The van der Waals surface area contributed by atoms with Crippen LogP contribution >= 0.6 is 0 Å². The van der Waals surface area contributed by atoms with Gasteiger partial charge in [0.2, 0.25) is 0 Å². The van der Waals surface area contributed by atoms with Crippen molar-refractivity contribution in [3.05, 3.63) is 36.7 Å². The summed E-state index contributed by atoms with van der Waals surface area (Å²) in [5, 5.41) is 8.31. The first-order valence-electron chi connectivity index (χ1n) is 4.91. The van der Waals surface area contributed by atoms with Gasteiger partial charge < -0.3 is 5.11 Å². The third-order valence-electron chi connectivity index (χ3n) is 2.03. The first-order valence-corrected chi connectivity index (χ1v) is 4.91. The monoisotopic (exact) mass is 222 g/mol. The average molecular weight is 222 g/mol. The summed E-state index contributed by atoms with van der Waals surface area (Å²) in [6.07, 6.45) is 3.47. The number of rotatable bonds is 3. The summed E-state index contributed by atoms with van der Waals surface area (Å²) in [7, 11) is 3.47. The number of aromatic nitrogens is 1. The molecule has 0 aliphatic carbocycles. The number of carbonyl (C=O) groups is 1. The van der Waals surface area contributed by atoms with E-state index in [1.54, 1.807) is 38.2 Å². The number of carboxylic acids is 1. The lowest BCUT2D eigenvalue weighted by Crippen LogP contribution is -2.32. The summed E-state index contributed by atoms with van der Waals surface area (Å²) < 4.78 is 0. The van der Waals surface area contributed by atoms with E-state index in [1.165, 1.54) is 0 Å². The van der Waals surface area contributed by atoms with Crippen LogP contribution in [-0.2, 0) is 4.79 Å². The standard InChI is InChI=1S/C7H7N.C5H11NO2/c1-2-7-5-3-4-6-8-7;1-4(5(7)8)6(2)3/h2-6H,1H2;4H,1-3H3,(H,7,8). The Morgan fingerprint density at radius 1 is 1.56 bits per heavy atom. The zero-order chi connectivity index (χ0) is 12.6. The highest BCUT2D eigenvalue weighted by Crippen LogP contribution is 1.92. The summed E-state index contributed by atoms with van der Waals surface area (Å²) >= 11 is 0. The molecule has 0 bridgehead atoms. The predicted molar refractivity (Wildman–Crippen MR) is 65.1 cm³/mol. The van der Waals surface area contributed by atoms with Gasteiger partial charge in [-0.25, -0.2) is 0 Å². The zero-order valence-electron chi connectivity index (χ0n) is 9.92. The maximum Gasteiger partial charge on any atom is 0.320 e. The fourth-order valence-corrected chi connectivity index (χ4v) is 0.718. The van der Waals surface area contributed by atoms with Crippen LogP contribution in [0.2, 0.25) is 0 Å². The van der Waals surface area contributed by atoms with E-state index in [2.05, 4.69) is 11.6 Å². The zero-order valence-corrected chi connectivity index (χ0v) is 9.92. The van der Waals surface area contributed by atoms with Gasteiger partial charge in [-0.15, -0.1) is 0 Å². The molecule has 0 aliphatic rings. The van der Waals surface area contributed by atoms with Crippen LogP contribution in [0.25, 0.3) is 6.08 Å². The van der Waals surface area contributed by atoms with Crippen molar-refractivity contribution < 1.29 is 9.90 Å². The molecule has 0 radical (unpaired) electrons. The van der Waals surface area contributed by atoms with Crippen molar-refractivity contribution in [3.8, 4) is 0 Å². The Hall–Kier alpha value is -1.68. The Morgan fingerprint density at radius 3 is 2.38 bits per heavy atom. The summed E-state index contributed by atoms with van der Waals surface area (Å²) in [4.78, 5) is 15.7. The van der Waals surface area contributed by atoms with Crippen LogP contribution in [0.15, 0.2) is 31.0 Å². The van der Waals surface area contributed by atoms with Crippen LogP contribution < -0.4 is 0 Å². The second kappa shape index (κ2) is 7.59. The lowest BCUT2D eigenvalue weighted by molar-refractivity contribution is -0.141. The molecule has 0 fully saturated rings. The topological polar surface area (TPSA) is 53.4 Å². The smallest absolute Gasteiger partial charge is 0.320 e. The van der Waals surface area contributed by atoms with Crippen LogP contribution in [-0.4, -0.2) is 41.1 Å². The minimum Gasteiger partial charge on any atom is -0.480 e. The fraction of sp³-hybridized carbons (Fsp3) is 0.333. The van der Waals surface area contributed by atoms with Crippen LogP contribution in [0.5, 0.6) is 0 Å². The molecule has 0 aliphatic heterocycles. The number of likely N-dealkylation sites (N-methyl/N-ethyl adjacent to an activating group) is 1. The van der Waals surface area contributed by atoms with Crippen LogP contribution in [0, 0.1) is 0 Å². The lowest BCUT2D eigenvalue weighted by atomic mass is 10.3. The molecule has 1 N–H and O–H groups in total. The fourth-order valence-electron chi connectivity index (χ4n) is 0.718. The van der Waals surface area contributed by atoms with E-state index in [9.17, 15) is 4.79 Å². The molecule has 1 aromatic rings. The van der Waals surface area contributed by atoms with Gasteiger partial charge in [-0.2, -0.15) is 0 Å². The SMILES string of the molecule is C=Cc1ccccn1.CC(C(=O)O)N(C)C. The number of hydrogen-bond acceptors (Lipinski definition) is 3. The second-order valence-electron chi connectivity index (χ2n) is 3.44. The van der Waals surface area contributed by atoms with Gasteiger partial charge in [0.05, 0.1) is 5.69 Å². The van der Waals surface area contributed by atoms with E-state index < -0.39 is 5.97 Å². The highest BCUT2D eigenvalue weighted by atomic mass is 16.4. The van der Waals surface area contributed by atoms with Crippen molar-refractivity contribution in [1.82, 2.24) is 9.88 Å². The Bertz CT molecular complexity index is 323. The van der Waals surface area contributed by atoms with Gasteiger partial charge in [-0.1, -0.05) is 12.6 Å². The first kappa shape index (κ1) is 14.3. The maximum atomic E-state index is 10.1. The van der Waals surface area contributed by atoms with Crippen molar-refractivity contribution >= 4 is 12.0 Å². The van der Waals surface area contributed by atoms with Gasteiger partial charge >= 0.3 is 5.97 Å². The minimum absolute atomic E-state index is 0.380. The summed E-state index contributed by atoms with van der Waals surface area (Å²) in [6, 6.07) is 5.35. The third-order valence-corrected chi connectivity index (χ3v) is 2.03. The summed E-state index contributed by atoms with van der Waals surface area (Å²) in [5.41, 5.74) is 0.924. The van der Waals surface area contributed by atoms with Gasteiger partial charge in [0.25, 0.3) is 0 Å². The van der Waals surface area contributed by atoms with Crippen molar-refractivity contribution in [2.24, 2.45) is 0 Å². The van der Waals surface area contributed by atoms with Crippen LogP contribution in [0.1, 0.15) is 12.6 Å². The number of hydrogen-bond donors (Lipinski definition) is 1. The maximum absolute atomic E-state index is 10.1. The molecule has 0 saturated heterocycles. The van der Waals surface area contributed by atoms with Crippen molar-refractivity contribution in [2.75, 3.05) is 14.1 Å². The first-order chi connectivity index (χ1) is 7.49. The molecule has 1 aromatic heterocycles. The quantitative estimate of drug-likeness (QED) is 0.846. The van der Waals surface area contributed by atoms with Gasteiger partial charge in [-0.3, -0.25) is 14.7 Å². The lowest BCUT2D eigenvalue weighted by Gasteiger charge is -2.13. The molecule has 1 rings (SSSR count). The molecule has 1 unspecified atom stereocenters.